The van der Waals surface area contributed by atoms with Gasteiger partial charge in [-0.2, -0.15) is 0 Å². The number of benzene rings is 1. The molecule has 1 aromatic carbocycles. The molecule has 0 unspecified atom stereocenters. The van der Waals surface area contributed by atoms with Gasteiger partial charge in [0.2, 0.25) is 0 Å². The fourth-order valence-electron chi connectivity index (χ4n) is 2.69. The van der Waals surface area contributed by atoms with Crippen LogP contribution < -0.4 is 0 Å². The molecule has 1 heterocycles. The minimum absolute atomic E-state index is 0.135. The van der Waals surface area contributed by atoms with Crippen LogP contribution in [0.5, 0.6) is 0 Å². The summed E-state index contributed by atoms with van der Waals surface area (Å²) in [6.07, 6.45) is 1.38. The molecule has 21 heavy (non-hydrogen) atoms. The van der Waals surface area contributed by atoms with Gasteiger partial charge in [-0.05, 0) is 31.6 Å². The van der Waals surface area contributed by atoms with Crippen LogP contribution in [-0.4, -0.2) is 66.6 Å². The van der Waals surface area contributed by atoms with Gasteiger partial charge in [0.05, 0.1) is 12.2 Å². The summed E-state index contributed by atoms with van der Waals surface area (Å²) in [6.45, 7) is 5.30. The molecule has 0 spiro atoms. The number of rotatable bonds is 6. The minimum Gasteiger partial charge on any atom is -0.395 e. The summed E-state index contributed by atoms with van der Waals surface area (Å²) in [5, 5.41) is 8.97. The summed E-state index contributed by atoms with van der Waals surface area (Å²) >= 11 is 0. The van der Waals surface area contributed by atoms with Crippen LogP contribution in [0, 0.1) is 5.82 Å². The van der Waals surface area contributed by atoms with Gasteiger partial charge < -0.3 is 10.0 Å². The van der Waals surface area contributed by atoms with E-state index in [1.54, 1.807) is 18.2 Å². The van der Waals surface area contributed by atoms with Crippen LogP contribution in [0.25, 0.3) is 0 Å². The Labute approximate surface area is 125 Å². The Bertz CT molecular complexity index is 467. The lowest BCUT2D eigenvalue weighted by atomic mass is 10.1. The summed E-state index contributed by atoms with van der Waals surface area (Å²) in [4.78, 5) is 16.5. The van der Waals surface area contributed by atoms with Crippen LogP contribution in [0.2, 0.25) is 0 Å². The maximum Gasteiger partial charge on any atom is 0.167 e. The molecule has 0 amide bonds. The number of aliphatic hydroxyl groups excluding tert-OH is 1. The van der Waals surface area contributed by atoms with Gasteiger partial charge in [-0.25, -0.2) is 4.39 Å². The molecule has 1 aromatic rings. The lowest BCUT2D eigenvalue weighted by Gasteiger charge is -2.20. The van der Waals surface area contributed by atoms with Crippen LogP contribution in [0.15, 0.2) is 24.3 Å². The van der Waals surface area contributed by atoms with Crippen molar-refractivity contribution in [2.75, 3.05) is 45.9 Å². The second kappa shape index (κ2) is 8.22. The van der Waals surface area contributed by atoms with Crippen molar-refractivity contribution >= 4 is 5.78 Å². The van der Waals surface area contributed by atoms with Crippen LogP contribution in [0.1, 0.15) is 23.2 Å². The van der Waals surface area contributed by atoms with Gasteiger partial charge in [-0.15, -0.1) is 0 Å². The second-order valence-corrected chi connectivity index (χ2v) is 5.41. The minimum atomic E-state index is -0.438. The fourth-order valence-corrected chi connectivity index (χ4v) is 2.69. The molecule has 0 saturated carbocycles. The van der Waals surface area contributed by atoms with Crippen LogP contribution in [0.3, 0.4) is 0 Å². The lowest BCUT2D eigenvalue weighted by molar-refractivity contribution is 0.0960. The van der Waals surface area contributed by atoms with Crippen molar-refractivity contribution in [3.8, 4) is 0 Å². The second-order valence-electron chi connectivity index (χ2n) is 5.41. The highest BCUT2D eigenvalue weighted by atomic mass is 19.1. The predicted octanol–water partition coefficient (Wildman–Crippen LogP) is 1.40. The largest absolute Gasteiger partial charge is 0.395 e. The Morgan fingerprint density at radius 1 is 1.10 bits per heavy atom. The molecule has 1 N–H and O–H groups in total. The van der Waals surface area contributed by atoms with E-state index < -0.39 is 5.82 Å². The SMILES string of the molecule is O=C(CCN1CCCN(CCO)CC1)c1ccccc1F. The molecule has 116 valence electrons. The first-order valence-corrected chi connectivity index (χ1v) is 7.54. The van der Waals surface area contributed by atoms with Crippen molar-refractivity contribution in [2.24, 2.45) is 0 Å². The van der Waals surface area contributed by atoms with E-state index in [1.165, 1.54) is 6.07 Å². The summed E-state index contributed by atoms with van der Waals surface area (Å²) in [7, 11) is 0. The number of β-amino-alcohol motifs (C(OH)–C–C–N with tert-alkyl or cyclic N) is 1. The molecule has 0 atom stereocenters. The maximum atomic E-state index is 13.5. The highest BCUT2D eigenvalue weighted by Gasteiger charge is 2.16. The molecule has 4 nitrogen and oxygen atoms in total. The number of hydrogen-bond donors (Lipinski definition) is 1. The molecule has 1 aliphatic rings. The number of Topliss-reactive ketones (excluding diaryl/α,β-unsaturated/α-hetero) is 1. The summed E-state index contributed by atoms with van der Waals surface area (Å²) in [6, 6.07) is 6.15. The third-order valence-corrected chi connectivity index (χ3v) is 3.93. The van der Waals surface area contributed by atoms with E-state index in [2.05, 4.69) is 9.80 Å². The number of halogens is 1. The van der Waals surface area contributed by atoms with E-state index in [4.69, 9.17) is 5.11 Å². The van der Waals surface area contributed by atoms with Gasteiger partial charge in [0.1, 0.15) is 5.82 Å². The van der Waals surface area contributed by atoms with Gasteiger partial charge in [0.15, 0.2) is 5.78 Å². The van der Waals surface area contributed by atoms with Crippen molar-refractivity contribution < 1.29 is 14.3 Å². The maximum absolute atomic E-state index is 13.5. The van der Waals surface area contributed by atoms with Gasteiger partial charge >= 0.3 is 0 Å². The third kappa shape index (κ3) is 4.88. The van der Waals surface area contributed by atoms with E-state index in [1.807, 2.05) is 0 Å². The molecular formula is C16H23FN2O2. The molecule has 0 radical (unpaired) electrons. The number of nitrogens with zero attached hydrogens (tertiary/aromatic N) is 2. The first-order chi connectivity index (χ1) is 10.2. The fraction of sp³-hybridized carbons (Fsp3) is 0.562. The summed E-state index contributed by atoms with van der Waals surface area (Å²) in [5.41, 5.74) is 0.189. The van der Waals surface area contributed by atoms with Crippen molar-refractivity contribution in [3.05, 3.63) is 35.6 Å². The van der Waals surface area contributed by atoms with Crippen LogP contribution in [0.4, 0.5) is 4.39 Å². The lowest BCUT2D eigenvalue weighted by Crippen LogP contribution is -2.33. The van der Waals surface area contributed by atoms with Gasteiger partial charge in [-0.1, -0.05) is 12.1 Å². The molecule has 1 saturated heterocycles. The molecule has 0 aromatic heterocycles. The first-order valence-electron chi connectivity index (χ1n) is 7.54. The Morgan fingerprint density at radius 2 is 1.76 bits per heavy atom. The van der Waals surface area contributed by atoms with Crippen molar-refractivity contribution in [3.63, 3.8) is 0 Å². The standard InChI is InChI=1S/C16H23FN2O2/c17-15-5-2-1-4-14(15)16(21)6-9-18-7-3-8-19(11-10-18)12-13-20/h1-2,4-5,20H,3,6-13H2. The zero-order valence-corrected chi connectivity index (χ0v) is 12.3. The van der Waals surface area contributed by atoms with Crippen LogP contribution in [-0.2, 0) is 0 Å². The Hall–Kier alpha value is -1.30. The molecule has 0 bridgehead atoms. The number of carbonyl (C=O) groups excluding carboxylic acids is 1. The third-order valence-electron chi connectivity index (χ3n) is 3.93. The topological polar surface area (TPSA) is 43.8 Å². The van der Waals surface area contributed by atoms with E-state index in [-0.39, 0.29) is 18.0 Å². The van der Waals surface area contributed by atoms with Crippen molar-refractivity contribution in [1.29, 1.82) is 0 Å². The molecule has 5 heteroatoms. The van der Waals surface area contributed by atoms with Gasteiger partial charge in [-0.3, -0.25) is 9.69 Å². The Balaban J connectivity index is 1.80. The number of aliphatic hydroxyl groups is 1. The first kappa shape index (κ1) is 16.1. The van der Waals surface area contributed by atoms with Crippen molar-refractivity contribution in [1.82, 2.24) is 9.80 Å². The normalized spacial score (nSPS) is 17.6. The Morgan fingerprint density at radius 3 is 2.43 bits per heavy atom. The predicted molar refractivity (Wildman–Crippen MR) is 79.9 cm³/mol. The van der Waals surface area contributed by atoms with E-state index in [9.17, 15) is 9.18 Å². The van der Waals surface area contributed by atoms with Gasteiger partial charge in [0.25, 0.3) is 0 Å². The smallest absolute Gasteiger partial charge is 0.167 e. The average Bonchev–Trinajstić information content (AvgIpc) is 2.71. The highest BCUT2D eigenvalue weighted by molar-refractivity contribution is 5.96. The summed E-state index contributed by atoms with van der Waals surface area (Å²) in [5.74, 6) is -0.572. The molecule has 1 aliphatic heterocycles. The van der Waals surface area contributed by atoms with E-state index in [0.717, 1.165) is 32.6 Å². The molecule has 2 rings (SSSR count). The van der Waals surface area contributed by atoms with Crippen LogP contribution >= 0.6 is 0 Å². The zero-order valence-electron chi connectivity index (χ0n) is 12.3. The van der Waals surface area contributed by atoms with E-state index >= 15 is 0 Å². The monoisotopic (exact) mass is 294 g/mol. The number of ketones is 1. The molecule has 0 aliphatic carbocycles. The average molecular weight is 294 g/mol. The number of hydrogen-bond acceptors (Lipinski definition) is 4. The van der Waals surface area contributed by atoms with Crippen molar-refractivity contribution in [2.45, 2.75) is 12.8 Å². The molecule has 1 fully saturated rings. The van der Waals surface area contributed by atoms with Gasteiger partial charge in [0, 0.05) is 32.6 Å². The van der Waals surface area contributed by atoms with E-state index in [0.29, 0.717) is 19.5 Å². The molecular weight excluding hydrogens is 271 g/mol. The summed E-state index contributed by atoms with van der Waals surface area (Å²) < 4.78 is 13.5. The number of carbonyl (C=O) groups is 1. The highest BCUT2D eigenvalue weighted by Crippen LogP contribution is 2.10. The Kier molecular flexibility index (Phi) is 6.29. The zero-order chi connectivity index (χ0) is 15.1. The quantitative estimate of drug-likeness (QED) is 0.806.